The van der Waals surface area contributed by atoms with E-state index in [9.17, 15) is 9.18 Å². The summed E-state index contributed by atoms with van der Waals surface area (Å²) >= 11 is 0. The van der Waals surface area contributed by atoms with Crippen molar-refractivity contribution in [3.05, 3.63) is 29.6 Å². The highest BCUT2D eigenvalue weighted by atomic mass is 19.1. The van der Waals surface area contributed by atoms with Gasteiger partial charge in [-0.25, -0.2) is 4.39 Å². The number of halogens is 1. The summed E-state index contributed by atoms with van der Waals surface area (Å²) in [5.41, 5.74) is 0.546. The first kappa shape index (κ1) is 17.4. The molecule has 21 heavy (non-hydrogen) atoms. The molecule has 0 fully saturated rings. The lowest BCUT2D eigenvalue weighted by Crippen LogP contribution is -2.44. The molecular weight excluding hydrogens is 271 g/mol. The van der Waals surface area contributed by atoms with Crippen LogP contribution in [0.2, 0.25) is 0 Å². The number of nitrogens with one attached hydrogen (secondary N) is 2. The maximum Gasteiger partial charge on any atom is 0.258 e. The van der Waals surface area contributed by atoms with E-state index in [1.807, 2.05) is 34.7 Å². The van der Waals surface area contributed by atoms with Crippen LogP contribution in [-0.4, -0.2) is 25.1 Å². The van der Waals surface area contributed by atoms with E-state index in [-0.39, 0.29) is 29.8 Å². The van der Waals surface area contributed by atoms with Crippen molar-refractivity contribution in [2.75, 3.05) is 13.7 Å². The third-order valence-corrected chi connectivity index (χ3v) is 3.61. The SMILES string of the molecule is CCC(C)(C)NC(=O)COc1ccc(C(C)NC)cc1F. The van der Waals surface area contributed by atoms with Gasteiger partial charge in [-0.15, -0.1) is 0 Å². The predicted molar refractivity (Wildman–Crippen MR) is 81.9 cm³/mol. The Balaban J connectivity index is 2.62. The number of amides is 1. The molecule has 0 aliphatic carbocycles. The Morgan fingerprint density at radius 1 is 1.43 bits per heavy atom. The van der Waals surface area contributed by atoms with Crippen LogP contribution in [0.25, 0.3) is 0 Å². The molecule has 0 spiro atoms. The Morgan fingerprint density at radius 2 is 2.10 bits per heavy atom. The molecule has 0 saturated carbocycles. The molecule has 1 amide bonds. The van der Waals surface area contributed by atoms with E-state index in [4.69, 9.17) is 4.74 Å². The fourth-order valence-corrected chi connectivity index (χ4v) is 1.72. The predicted octanol–water partition coefficient (Wildman–Crippen LogP) is 2.79. The standard InChI is InChI=1S/C16H25FN2O2/c1-6-16(3,4)19-15(20)10-21-14-8-7-12(9-13(14)17)11(2)18-5/h7-9,11,18H,6,10H2,1-5H3,(H,19,20). The van der Waals surface area contributed by atoms with E-state index in [0.717, 1.165) is 12.0 Å². The molecule has 118 valence electrons. The first-order valence-electron chi connectivity index (χ1n) is 7.19. The van der Waals surface area contributed by atoms with E-state index in [1.54, 1.807) is 12.1 Å². The van der Waals surface area contributed by atoms with Crippen LogP contribution in [0.15, 0.2) is 18.2 Å². The highest BCUT2D eigenvalue weighted by Gasteiger charge is 2.18. The Hall–Kier alpha value is -1.62. The van der Waals surface area contributed by atoms with E-state index < -0.39 is 5.82 Å². The minimum atomic E-state index is -0.461. The third kappa shape index (κ3) is 5.34. The first-order valence-corrected chi connectivity index (χ1v) is 7.19. The van der Waals surface area contributed by atoms with Gasteiger partial charge < -0.3 is 15.4 Å². The Labute approximate surface area is 126 Å². The summed E-state index contributed by atoms with van der Waals surface area (Å²) in [7, 11) is 1.81. The number of carbonyl (C=O) groups is 1. The van der Waals surface area contributed by atoms with Gasteiger partial charge in [0.05, 0.1) is 0 Å². The van der Waals surface area contributed by atoms with Gasteiger partial charge in [-0.2, -0.15) is 0 Å². The summed E-state index contributed by atoms with van der Waals surface area (Å²) in [6, 6.07) is 4.82. The van der Waals surface area contributed by atoms with E-state index in [0.29, 0.717) is 0 Å². The largest absolute Gasteiger partial charge is 0.481 e. The Bertz CT molecular complexity index is 489. The summed E-state index contributed by atoms with van der Waals surface area (Å²) in [5, 5.41) is 5.88. The van der Waals surface area contributed by atoms with Gasteiger partial charge in [0.25, 0.3) is 5.91 Å². The van der Waals surface area contributed by atoms with Gasteiger partial charge in [-0.3, -0.25) is 4.79 Å². The quantitative estimate of drug-likeness (QED) is 0.813. The van der Waals surface area contributed by atoms with E-state index >= 15 is 0 Å². The fourth-order valence-electron chi connectivity index (χ4n) is 1.72. The second kappa shape index (κ2) is 7.41. The molecule has 1 aromatic rings. The first-order chi connectivity index (χ1) is 9.79. The van der Waals surface area contributed by atoms with Crippen LogP contribution in [-0.2, 0) is 4.79 Å². The average Bonchev–Trinajstić information content (AvgIpc) is 2.44. The van der Waals surface area contributed by atoms with Crippen molar-refractivity contribution < 1.29 is 13.9 Å². The van der Waals surface area contributed by atoms with Gasteiger partial charge in [0.2, 0.25) is 0 Å². The number of ether oxygens (including phenoxy) is 1. The molecule has 0 aliphatic rings. The summed E-state index contributed by atoms with van der Waals surface area (Å²) in [4.78, 5) is 11.8. The molecule has 1 rings (SSSR count). The van der Waals surface area contributed by atoms with Gasteiger partial charge in [0.1, 0.15) is 0 Å². The molecule has 0 bridgehead atoms. The van der Waals surface area contributed by atoms with Crippen molar-refractivity contribution in [3.63, 3.8) is 0 Å². The second-order valence-corrected chi connectivity index (χ2v) is 5.77. The van der Waals surface area contributed by atoms with Crippen molar-refractivity contribution in [1.29, 1.82) is 0 Å². The van der Waals surface area contributed by atoms with Crippen LogP contribution >= 0.6 is 0 Å². The zero-order valence-corrected chi connectivity index (χ0v) is 13.4. The normalized spacial score (nSPS) is 12.9. The van der Waals surface area contributed by atoms with Gasteiger partial charge >= 0.3 is 0 Å². The van der Waals surface area contributed by atoms with Crippen LogP contribution in [0.4, 0.5) is 4.39 Å². The third-order valence-electron chi connectivity index (χ3n) is 3.61. The number of hydrogen-bond acceptors (Lipinski definition) is 3. The molecule has 1 atom stereocenters. The van der Waals surface area contributed by atoms with E-state index in [2.05, 4.69) is 10.6 Å². The molecule has 0 radical (unpaired) electrons. The van der Waals surface area contributed by atoms with Crippen molar-refractivity contribution in [2.24, 2.45) is 0 Å². The fraction of sp³-hybridized carbons (Fsp3) is 0.562. The molecular formula is C16H25FN2O2. The minimum Gasteiger partial charge on any atom is -0.481 e. The smallest absolute Gasteiger partial charge is 0.258 e. The van der Waals surface area contributed by atoms with Gasteiger partial charge in [-0.1, -0.05) is 13.0 Å². The zero-order valence-electron chi connectivity index (χ0n) is 13.4. The van der Waals surface area contributed by atoms with Crippen molar-refractivity contribution in [1.82, 2.24) is 10.6 Å². The molecule has 4 nitrogen and oxygen atoms in total. The molecule has 2 N–H and O–H groups in total. The number of carbonyl (C=O) groups excluding carboxylic acids is 1. The summed E-state index contributed by atoms with van der Waals surface area (Å²) in [6.07, 6.45) is 0.809. The van der Waals surface area contributed by atoms with Crippen LogP contribution in [0.1, 0.15) is 45.7 Å². The molecule has 0 aromatic heterocycles. The average molecular weight is 296 g/mol. The van der Waals surface area contributed by atoms with Crippen molar-refractivity contribution in [2.45, 2.75) is 45.7 Å². The molecule has 0 aliphatic heterocycles. The van der Waals surface area contributed by atoms with Gasteiger partial charge in [0.15, 0.2) is 18.2 Å². The number of benzene rings is 1. The van der Waals surface area contributed by atoms with Gasteiger partial charge in [0, 0.05) is 11.6 Å². The highest BCUT2D eigenvalue weighted by molar-refractivity contribution is 5.78. The molecule has 0 saturated heterocycles. The van der Waals surface area contributed by atoms with Gasteiger partial charge in [-0.05, 0) is 51.9 Å². The van der Waals surface area contributed by atoms with Crippen LogP contribution < -0.4 is 15.4 Å². The summed E-state index contributed by atoms with van der Waals surface area (Å²) in [5.74, 6) is -0.627. The van der Waals surface area contributed by atoms with Crippen molar-refractivity contribution >= 4 is 5.91 Å². The lowest BCUT2D eigenvalue weighted by atomic mass is 10.0. The summed E-state index contributed by atoms with van der Waals surface area (Å²) in [6.45, 7) is 7.60. The summed E-state index contributed by atoms with van der Waals surface area (Å²) < 4.78 is 19.2. The van der Waals surface area contributed by atoms with E-state index in [1.165, 1.54) is 6.07 Å². The molecule has 1 unspecified atom stereocenters. The highest BCUT2D eigenvalue weighted by Crippen LogP contribution is 2.21. The minimum absolute atomic E-state index is 0.0576. The molecule has 5 heteroatoms. The van der Waals surface area contributed by atoms with Crippen LogP contribution in [0, 0.1) is 5.82 Å². The maximum atomic E-state index is 13.9. The second-order valence-electron chi connectivity index (χ2n) is 5.77. The monoisotopic (exact) mass is 296 g/mol. The lowest BCUT2D eigenvalue weighted by Gasteiger charge is -2.24. The van der Waals surface area contributed by atoms with Crippen LogP contribution in [0.3, 0.4) is 0 Å². The molecule has 0 heterocycles. The lowest BCUT2D eigenvalue weighted by molar-refractivity contribution is -0.124. The zero-order chi connectivity index (χ0) is 16.0. The topological polar surface area (TPSA) is 50.4 Å². The molecule has 1 aromatic carbocycles. The maximum absolute atomic E-state index is 13.9. The van der Waals surface area contributed by atoms with Crippen LogP contribution in [0.5, 0.6) is 5.75 Å². The Kier molecular flexibility index (Phi) is 6.15. The number of rotatable bonds is 7. The Morgan fingerprint density at radius 3 is 2.62 bits per heavy atom. The number of hydrogen-bond donors (Lipinski definition) is 2. The van der Waals surface area contributed by atoms with Crippen molar-refractivity contribution in [3.8, 4) is 5.75 Å².